The van der Waals surface area contributed by atoms with Crippen LogP contribution in [0.5, 0.6) is 0 Å². The fourth-order valence-corrected chi connectivity index (χ4v) is 3.63. The fourth-order valence-electron chi connectivity index (χ4n) is 2.63. The van der Waals surface area contributed by atoms with Crippen LogP contribution in [0.2, 0.25) is 0 Å². The maximum atomic E-state index is 5.46. The molecule has 3 rings (SSSR count). The average Bonchev–Trinajstić information content (AvgIpc) is 2.68. The molecule has 3 aromatic carbocycles. The molecule has 3 aromatic rings. The molecule has 2 N–H and O–H groups in total. The summed E-state index contributed by atoms with van der Waals surface area (Å²) in [5.74, 6) is 0.970. The molecular formula is C22H22N2S2. The van der Waals surface area contributed by atoms with Crippen molar-refractivity contribution in [2.24, 2.45) is 0 Å². The Morgan fingerprint density at radius 2 is 1.46 bits per heavy atom. The Kier molecular flexibility index (Phi) is 7.11. The zero-order valence-corrected chi connectivity index (χ0v) is 16.2. The second-order valence-corrected chi connectivity index (χ2v) is 7.44. The van der Waals surface area contributed by atoms with E-state index in [0.717, 1.165) is 24.4 Å². The van der Waals surface area contributed by atoms with Crippen molar-refractivity contribution in [1.29, 1.82) is 0 Å². The molecule has 132 valence electrons. The Morgan fingerprint density at radius 3 is 2.23 bits per heavy atom. The number of thioether (sulfide) groups is 1. The highest BCUT2D eigenvalue weighted by Crippen LogP contribution is 2.19. The van der Waals surface area contributed by atoms with Crippen LogP contribution in [-0.4, -0.2) is 17.4 Å². The van der Waals surface area contributed by atoms with Gasteiger partial charge in [-0.3, -0.25) is 0 Å². The van der Waals surface area contributed by atoms with Crippen LogP contribution >= 0.6 is 24.0 Å². The highest BCUT2D eigenvalue weighted by molar-refractivity contribution is 7.99. The summed E-state index contributed by atoms with van der Waals surface area (Å²) in [5.41, 5.74) is 3.59. The first-order valence-corrected chi connectivity index (χ1v) is 10.1. The molecule has 0 aromatic heterocycles. The zero-order valence-electron chi connectivity index (χ0n) is 14.5. The van der Waals surface area contributed by atoms with Gasteiger partial charge in [-0.25, -0.2) is 0 Å². The van der Waals surface area contributed by atoms with Crippen molar-refractivity contribution < 1.29 is 0 Å². The predicted molar refractivity (Wildman–Crippen MR) is 117 cm³/mol. The molecule has 0 aliphatic carbocycles. The Bertz CT molecular complexity index is 820. The van der Waals surface area contributed by atoms with E-state index < -0.39 is 0 Å². The molecule has 0 saturated heterocycles. The van der Waals surface area contributed by atoms with E-state index in [0.29, 0.717) is 5.11 Å². The third-order valence-corrected chi connectivity index (χ3v) is 5.16. The van der Waals surface area contributed by atoms with E-state index in [1.165, 1.54) is 16.0 Å². The highest BCUT2D eigenvalue weighted by atomic mass is 32.2. The smallest absolute Gasteiger partial charge is 0.170 e. The molecule has 0 amide bonds. The van der Waals surface area contributed by atoms with E-state index in [9.17, 15) is 0 Å². The summed E-state index contributed by atoms with van der Waals surface area (Å²) in [4.78, 5) is 1.28. The quantitative estimate of drug-likeness (QED) is 0.328. The van der Waals surface area contributed by atoms with Gasteiger partial charge in [-0.05, 0) is 48.0 Å². The number of nitrogens with one attached hydrogen (secondary N) is 2. The SMILES string of the molecule is S=C(NCCSc1ccccc1)Nc1ccccc1Cc1ccccc1. The predicted octanol–water partition coefficient (Wildman–Crippen LogP) is 5.36. The molecule has 0 saturated carbocycles. The van der Waals surface area contributed by atoms with E-state index in [-0.39, 0.29) is 0 Å². The Hall–Kier alpha value is -2.30. The van der Waals surface area contributed by atoms with Crippen LogP contribution in [0.15, 0.2) is 89.8 Å². The summed E-state index contributed by atoms with van der Waals surface area (Å²) in [6.07, 6.45) is 0.885. The van der Waals surface area contributed by atoms with Crippen LogP contribution in [-0.2, 0) is 6.42 Å². The molecule has 26 heavy (non-hydrogen) atoms. The van der Waals surface area contributed by atoms with Gasteiger partial charge in [0, 0.05) is 22.9 Å². The number of thiocarbonyl (C=S) groups is 1. The van der Waals surface area contributed by atoms with Crippen molar-refractivity contribution in [2.45, 2.75) is 11.3 Å². The van der Waals surface area contributed by atoms with Crippen LogP contribution in [0.25, 0.3) is 0 Å². The topological polar surface area (TPSA) is 24.1 Å². The van der Waals surface area contributed by atoms with Gasteiger partial charge < -0.3 is 10.6 Å². The van der Waals surface area contributed by atoms with Gasteiger partial charge in [0.2, 0.25) is 0 Å². The largest absolute Gasteiger partial charge is 0.362 e. The molecule has 0 spiro atoms. The average molecular weight is 379 g/mol. The second kappa shape index (κ2) is 10.00. The number of para-hydroxylation sites is 1. The number of rotatable bonds is 7. The van der Waals surface area contributed by atoms with Crippen molar-refractivity contribution in [1.82, 2.24) is 5.32 Å². The van der Waals surface area contributed by atoms with Crippen molar-refractivity contribution in [3.8, 4) is 0 Å². The minimum atomic E-state index is 0.666. The van der Waals surface area contributed by atoms with Gasteiger partial charge in [-0.1, -0.05) is 66.7 Å². The molecule has 0 bridgehead atoms. The van der Waals surface area contributed by atoms with Gasteiger partial charge in [0.25, 0.3) is 0 Å². The monoisotopic (exact) mass is 378 g/mol. The summed E-state index contributed by atoms with van der Waals surface area (Å²) in [7, 11) is 0. The number of hydrogen-bond acceptors (Lipinski definition) is 2. The first-order valence-electron chi connectivity index (χ1n) is 8.66. The van der Waals surface area contributed by atoms with Gasteiger partial charge in [0.05, 0.1) is 0 Å². The molecule has 0 aliphatic rings. The molecular weight excluding hydrogens is 356 g/mol. The van der Waals surface area contributed by atoms with E-state index >= 15 is 0 Å². The van der Waals surface area contributed by atoms with Crippen LogP contribution in [0.1, 0.15) is 11.1 Å². The summed E-state index contributed by atoms with van der Waals surface area (Å²) < 4.78 is 0. The van der Waals surface area contributed by atoms with Gasteiger partial charge in [-0.15, -0.1) is 11.8 Å². The molecule has 0 radical (unpaired) electrons. The summed E-state index contributed by atoms with van der Waals surface area (Å²) in [6.45, 7) is 0.826. The van der Waals surface area contributed by atoms with E-state index in [2.05, 4.69) is 77.4 Å². The molecule has 2 nitrogen and oxygen atoms in total. The van der Waals surface area contributed by atoms with Gasteiger partial charge in [-0.2, -0.15) is 0 Å². The van der Waals surface area contributed by atoms with Gasteiger partial charge in [0.1, 0.15) is 0 Å². The molecule has 0 unspecified atom stereocenters. The standard InChI is InChI=1S/C22H22N2S2/c25-22(23-15-16-26-20-12-5-2-6-13-20)24-21-14-8-7-11-19(21)17-18-9-3-1-4-10-18/h1-14H,15-17H2,(H2,23,24,25). The first kappa shape index (κ1) is 18.5. The van der Waals surface area contributed by atoms with E-state index in [1.807, 2.05) is 30.0 Å². The minimum absolute atomic E-state index is 0.666. The Morgan fingerprint density at radius 1 is 0.808 bits per heavy atom. The van der Waals surface area contributed by atoms with Crippen LogP contribution in [0, 0.1) is 0 Å². The van der Waals surface area contributed by atoms with Gasteiger partial charge >= 0.3 is 0 Å². The molecule has 4 heteroatoms. The zero-order chi connectivity index (χ0) is 18.0. The van der Waals surface area contributed by atoms with E-state index in [4.69, 9.17) is 12.2 Å². The van der Waals surface area contributed by atoms with Gasteiger partial charge in [0.15, 0.2) is 5.11 Å². The molecule has 0 atom stereocenters. The summed E-state index contributed by atoms with van der Waals surface area (Å²) in [6, 6.07) is 29.2. The minimum Gasteiger partial charge on any atom is -0.362 e. The molecule has 0 heterocycles. The van der Waals surface area contributed by atoms with Crippen molar-refractivity contribution in [3.05, 3.63) is 96.1 Å². The van der Waals surface area contributed by atoms with E-state index in [1.54, 1.807) is 0 Å². The lowest BCUT2D eigenvalue weighted by Gasteiger charge is -2.14. The lowest BCUT2D eigenvalue weighted by atomic mass is 10.0. The summed E-state index contributed by atoms with van der Waals surface area (Å²) >= 11 is 7.28. The molecule has 0 aliphatic heterocycles. The normalized spacial score (nSPS) is 10.3. The number of hydrogen-bond donors (Lipinski definition) is 2. The number of benzene rings is 3. The van der Waals surface area contributed by atoms with Crippen LogP contribution in [0.4, 0.5) is 5.69 Å². The maximum Gasteiger partial charge on any atom is 0.170 e. The lowest BCUT2D eigenvalue weighted by Crippen LogP contribution is -2.30. The number of anilines is 1. The van der Waals surface area contributed by atoms with Crippen molar-refractivity contribution in [3.63, 3.8) is 0 Å². The van der Waals surface area contributed by atoms with Crippen LogP contribution in [0.3, 0.4) is 0 Å². The van der Waals surface area contributed by atoms with Crippen molar-refractivity contribution >= 4 is 34.8 Å². The lowest BCUT2D eigenvalue weighted by molar-refractivity contribution is 0.989. The Labute approximate surface area is 165 Å². The van der Waals surface area contributed by atoms with Crippen LogP contribution < -0.4 is 10.6 Å². The molecule has 0 fully saturated rings. The maximum absolute atomic E-state index is 5.46. The third-order valence-electron chi connectivity index (χ3n) is 3.90. The highest BCUT2D eigenvalue weighted by Gasteiger charge is 2.05. The summed E-state index contributed by atoms with van der Waals surface area (Å²) in [5, 5.41) is 7.30. The second-order valence-electron chi connectivity index (χ2n) is 5.86. The van der Waals surface area contributed by atoms with Crippen molar-refractivity contribution in [2.75, 3.05) is 17.6 Å². The fraction of sp³-hybridized carbons (Fsp3) is 0.136. The Balaban J connectivity index is 1.49. The third kappa shape index (κ3) is 5.90. The first-order chi connectivity index (χ1) is 12.8.